The average molecular weight is 377 g/mol. The highest BCUT2D eigenvalue weighted by Gasteiger charge is 2.25. The van der Waals surface area contributed by atoms with Crippen molar-refractivity contribution in [1.82, 2.24) is 0 Å². The molecule has 0 aliphatic carbocycles. The molecular weight excluding hydrogens is 364 g/mol. The van der Waals surface area contributed by atoms with Gasteiger partial charge in [0.15, 0.2) is 18.1 Å². The second-order valence-electron chi connectivity index (χ2n) is 5.15. The number of ether oxygens (including phenoxy) is 2. The number of methoxy groups -OCH3 is 1. The summed E-state index contributed by atoms with van der Waals surface area (Å²) in [7, 11) is 1.43. The maximum absolute atomic E-state index is 12.4. The number of thioether (sulfide) groups is 1. The molecule has 0 saturated carbocycles. The monoisotopic (exact) mass is 376 g/mol. The van der Waals surface area contributed by atoms with Gasteiger partial charge in [0.25, 0.3) is 0 Å². The van der Waals surface area contributed by atoms with Gasteiger partial charge in [-0.25, -0.2) is 4.79 Å². The SMILES string of the molecule is COc1cc(/C=C2/Sc3ccccc3C2=O)cc(Cl)c1OCC(=O)O. The smallest absolute Gasteiger partial charge is 0.341 e. The Hall–Kier alpha value is -2.44. The number of carbonyl (C=O) groups excluding carboxylic acids is 1. The van der Waals surface area contributed by atoms with Crippen molar-refractivity contribution in [3.63, 3.8) is 0 Å². The van der Waals surface area contributed by atoms with Crippen molar-refractivity contribution in [3.05, 3.63) is 57.5 Å². The number of carboxylic acids is 1. The number of benzene rings is 2. The van der Waals surface area contributed by atoms with Crippen molar-refractivity contribution in [2.45, 2.75) is 4.90 Å². The lowest BCUT2D eigenvalue weighted by atomic mass is 10.1. The third-order valence-electron chi connectivity index (χ3n) is 3.46. The number of ketones is 1. The lowest BCUT2D eigenvalue weighted by Crippen LogP contribution is -2.10. The van der Waals surface area contributed by atoms with Crippen molar-refractivity contribution >= 4 is 41.2 Å². The number of aliphatic carboxylic acids is 1. The molecule has 1 aliphatic rings. The largest absolute Gasteiger partial charge is 0.493 e. The molecule has 0 atom stereocenters. The first-order valence-electron chi connectivity index (χ1n) is 7.25. The van der Waals surface area contributed by atoms with Crippen LogP contribution in [0.1, 0.15) is 15.9 Å². The van der Waals surface area contributed by atoms with Crippen LogP contribution >= 0.6 is 23.4 Å². The quantitative estimate of drug-likeness (QED) is 0.790. The number of carboxylic acid groups (broad SMARTS) is 1. The number of carbonyl (C=O) groups is 2. The minimum atomic E-state index is -1.12. The summed E-state index contributed by atoms with van der Waals surface area (Å²) < 4.78 is 10.4. The van der Waals surface area contributed by atoms with Gasteiger partial charge in [0.05, 0.1) is 17.0 Å². The molecule has 0 amide bonds. The Morgan fingerprint density at radius 3 is 2.76 bits per heavy atom. The number of allylic oxidation sites excluding steroid dienone is 1. The molecule has 2 aromatic carbocycles. The summed E-state index contributed by atoms with van der Waals surface area (Å²) in [6.07, 6.45) is 1.72. The van der Waals surface area contributed by atoms with Gasteiger partial charge in [0, 0.05) is 10.5 Å². The maximum atomic E-state index is 12.4. The molecule has 0 unspecified atom stereocenters. The number of halogens is 1. The molecule has 128 valence electrons. The van der Waals surface area contributed by atoms with E-state index in [1.165, 1.54) is 18.9 Å². The molecule has 0 spiro atoms. The van der Waals surface area contributed by atoms with Gasteiger partial charge in [-0.15, -0.1) is 0 Å². The molecule has 1 heterocycles. The minimum absolute atomic E-state index is 0.0399. The van der Waals surface area contributed by atoms with Crippen LogP contribution in [0.25, 0.3) is 6.08 Å². The Balaban J connectivity index is 1.93. The second kappa shape index (κ2) is 7.21. The van der Waals surface area contributed by atoms with Crippen LogP contribution in [0.2, 0.25) is 5.02 Å². The lowest BCUT2D eigenvalue weighted by molar-refractivity contribution is -0.139. The van der Waals surface area contributed by atoms with E-state index >= 15 is 0 Å². The zero-order valence-corrected chi connectivity index (χ0v) is 14.7. The highest BCUT2D eigenvalue weighted by Crippen LogP contribution is 2.42. The number of hydrogen-bond donors (Lipinski definition) is 1. The summed E-state index contributed by atoms with van der Waals surface area (Å²) in [6, 6.07) is 10.7. The van der Waals surface area contributed by atoms with Gasteiger partial charge >= 0.3 is 5.97 Å². The van der Waals surface area contributed by atoms with Crippen molar-refractivity contribution < 1.29 is 24.2 Å². The summed E-state index contributed by atoms with van der Waals surface area (Å²) in [5.41, 5.74) is 1.34. The van der Waals surface area contributed by atoms with Crippen molar-refractivity contribution in [2.75, 3.05) is 13.7 Å². The molecular formula is C18H13ClO5S. The summed E-state index contributed by atoms with van der Waals surface area (Å²) in [4.78, 5) is 24.6. The van der Waals surface area contributed by atoms with E-state index in [0.29, 0.717) is 21.8 Å². The van der Waals surface area contributed by atoms with Crippen LogP contribution in [0.4, 0.5) is 0 Å². The standard InChI is InChI=1S/C18H13ClO5S/c1-23-13-7-10(6-12(19)18(13)24-9-16(20)21)8-15-17(22)11-4-2-3-5-14(11)25-15/h2-8H,9H2,1H3,(H,20,21)/b15-8+. The topological polar surface area (TPSA) is 72.8 Å². The third-order valence-corrected chi connectivity index (χ3v) is 4.84. The predicted molar refractivity (Wildman–Crippen MR) is 95.7 cm³/mol. The zero-order valence-electron chi connectivity index (χ0n) is 13.1. The van der Waals surface area contributed by atoms with Crippen LogP contribution in [0.15, 0.2) is 46.2 Å². The first kappa shape index (κ1) is 17.4. The lowest BCUT2D eigenvalue weighted by Gasteiger charge is -2.12. The van der Waals surface area contributed by atoms with Gasteiger partial charge in [-0.2, -0.15) is 0 Å². The Labute approximate surface area is 153 Å². The summed E-state index contributed by atoms with van der Waals surface area (Å²) in [5.74, 6) is -0.701. The predicted octanol–water partition coefficient (Wildman–Crippen LogP) is 4.14. The molecule has 0 bridgehead atoms. The highest BCUT2D eigenvalue weighted by atomic mass is 35.5. The number of Topliss-reactive ketones (excluding diaryl/α,β-unsaturated/α-hetero) is 1. The molecule has 2 aromatic rings. The number of fused-ring (bicyclic) bond motifs is 1. The molecule has 0 radical (unpaired) electrons. The number of hydrogen-bond acceptors (Lipinski definition) is 5. The fourth-order valence-corrected chi connectivity index (χ4v) is 3.71. The van der Waals surface area contributed by atoms with E-state index in [9.17, 15) is 9.59 Å². The van der Waals surface area contributed by atoms with Crippen molar-refractivity contribution in [2.24, 2.45) is 0 Å². The van der Waals surface area contributed by atoms with Crippen molar-refractivity contribution in [1.29, 1.82) is 0 Å². The van der Waals surface area contributed by atoms with Crippen LogP contribution in [0.3, 0.4) is 0 Å². The Morgan fingerprint density at radius 2 is 2.08 bits per heavy atom. The highest BCUT2D eigenvalue weighted by molar-refractivity contribution is 8.04. The first-order valence-corrected chi connectivity index (χ1v) is 8.44. The van der Waals surface area contributed by atoms with Crippen LogP contribution in [0, 0.1) is 0 Å². The molecule has 5 nitrogen and oxygen atoms in total. The molecule has 1 N–H and O–H groups in total. The van der Waals surface area contributed by atoms with Gasteiger partial charge in [-0.3, -0.25) is 4.79 Å². The molecule has 1 aliphatic heterocycles. The fraction of sp³-hybridized carbons (Fsp3) is 0.111. The molecule has 0 aromatic heterocycles. The Kier molecular flexibility index (Phi) is 5.01. The molecule has 0 saturated heterocycles. The second-order valence-corrected chi connectivity index (χ2v) is 6.64. The zero-order chi connectivity index (χ0) is 18.0. The van der Waals surface area contributed by atoms with Crippen molar-refractivity contribution in [3.8, 4) is 11.5 Å². The summed E-state index contributed by atoms with van der Waals surface area (Å²) in [6.45, 7) is -0.528. The third kappa shape index (κ3) is 3.65. The van der Waals surface area contributed by atoms with E-state index in [4.69, 9.17) is 26.2 Å². The van der Waals surface area contributed by atoms with E-state index in [1.807, 2.05) is 18.2 Å². The first-order chi connectivity index (χ1) is 12.0. The van der Waals surface area contributed by atoms with Gasteiger partial charge in [0.2, 0.25) is 5.78 Å². The van der Waals surface area contributed by atoms with E-state index in [1.54, 1.807) is 24.3 Å². The van der Waals surface area contributed by atoms with Crippen LogP contribution in [0.5, 0.6) is 11.5 Å². The molecule has 25 heavy (non-hydrogen) atoms. The normalized spacial score (nSPS) is 14.5. The average Bonchev–Trinajstić information content (AvgIpc) is 2.89. The number of rotatable bonds is 5. The Morgan fingerprint density at radius 1 is 1.32 bits per heavy atom. The Bertz CT molecular complexity index is 891. The fourth-order valence-electron chi connectivity index (χ4n) is 2.38. The van der Waals surface area contributed by atoms with E-state index in [2.05, 4.69) is 0 Å². The summed E-state index contributed by atoms with van der Waals surface area (Å²) >= 11 is 7.58. The van der Waals surface area contributed by atoms with Gasteiger partial charge < -0.3 is 14.6 Å². The van der Waals surface area contributed by atoms with E-state index in [0.717, 1.165) is 4.90 Å². The van der Waals surface area contributed by atoms with Gasteiger partial charge in [0.1, 0.15) is 0 Å². The van der Waals surface area contributed by atoms with E-state index in [-0.39, 0.29) is 16.6 Å². The minimum Gasteiger partial charge on any atom is -0.493 e. The van der Waals surface area contributed by atoms with Crippen LogP contribution < -0.4 is 9.47 Å². The van der Waals surface area contributed by atoms with Crippen LogP contribution in [-0.2, 0) is 4.79 Å². The van der Waals surface area contributed by atoms with Gasteiger partial charge in [-0.05, 0) is 35.9 Å². The van der Waals surface area contributed by atoms with Crippen LogP contribution in [-0.4, -0.2) is 30.6 Å². The van der Waals surface area contributed by atoms with Gasteiger partial charge in [-0.1, -0.05) is 35.5 Å². The summed E-state index contributed by atoms with van der Waals surface area (Å²) in [5, 5.41) is 8.94. The molecule has 7 heteroatoms. The van der Waals surface area contributed by atoms with E-state index < -0.39 is 12.6 Å². The molecule has 0 fully saturated rings. The molecule has 3 rings (SSSR count). The maximum Gasteiger partial charge on any atom is 0.341 e.